The molecule has 1 aliphatic rings. The lowest BCUT2D eigenvalue weighted by molar-refractivity contribution is -0.141. The fourth-order valence-electron chi connectivity index (χ4n) is 5.18. The van der Waals surface area contributed by atoms with Gasteiger partial charge in [0.05, 0.1) is 6.04 Å². The first-order valence-corrected chi connectivity index (χ1v) is 22.6. The minimum atomic E-state index is -1.82. The van der Waals surface area contributed by atoms with Gasteiger partial charge < -0.3 is 18.6 Å². The Kier molecular flexibility index (Phi) is 15.3. The highest BCUT2D eigenvalue weighted by molar-refractivity contribution is 6.75. The molecule has 0 radical (unpaired) electrons. The van der Waals surface area contributed by atoms with Crippen LogP contribution < -0.4 is 5.32 Å². The van der Waals surface area contributed by atoms with Crippen molar-refractivity contribution in [3.63, 3.8) is 0 Å². The molecule has 0 aromatic heterocycles. The third-order valence-electron chi connectivity index (χ3n) is 9.02. The molecule has 2 rings (SSSR count). The summed E-state index contributed by atoms with van der Waals surface area (Å²) < 4.78 is 18.1. The van der Waals surface area contributed by atoms with E-state index in [0.717, 1.165) is 60.0 Å². The summed E-state index contributed by atoms with van der Waals surface area (Å²) in [6.07, 6.45) is -0.283. The zero-order valence-electron chi connectivity index (χ0n) is 25.7. The molecule has 9 heteroatoms. The normalized spacial score (nSPS) is 17.7. The number of benzene rings is 1. The number of carbonyl (C=O) groups is 2. The summed E-state index contributed by atoms with van der Waals surface area (Å²) in [5.74, 6) is -0.0921. The molecular weight excluding hydrogens is 527 g/mol. The molecule has 1 heterocycles. The van der Waals surface area contributed by atoms with Crippen LogP contribution in [0, 0.1) is 0 Å². The van der Waals surface area contributed by atoms with Crippen molar-refractivity contribution in [3.8, 4) is 0 Å². The number of amides is 1. The number of β-lactam (4-membered cyclic amide) rings is 1. The Morgan fingerprint density at radius 1 is 0.711 bits per heavy atom. The first kappa shape index (κ1) is 34.8. The van der Waals surface area contributed by atoms with Crippen LogP contribution in [0.2, 0.25) is 54.4 Å². The molecule has 2 atom stereocenters. The van der Waals surface area contributed by atoms with Crippen LogP contribution in [0.4, 0.5) is 0 Å². The summed E-state index contributed by atoms with van der Waals surface area (Å²) in [7, 11) is -5.22. The van der Waals surface area contributed by atoms with Crippen LogP contribution in [0.25, 0.3) is 0 Å². The summed E-state index contributed by atoms with van der Waals surface area (Å²) in [4.78, 5) is 23.9. The van der Waals surface area contributed by atoms with Crippen molar-refractivity contribution in [1.82, 2.24) is 5.32 Å². The predicted octanol–water partition coefficient (Wildman–Crippen LogP) is 7.80. The van der Waals surface area contributed by atoms with Crippen LogP contribution in [-0.4, -0.2) is 49.5 Å². The monoisotopic (exact) mass is 581 g/mol. The number of rotatable bonds is 16. The molecule has 0 bridgehead atoms. The Balaban J connectivity index is 0.000000380. The Hall–Kier alpha value is -1.27. The minimum absolute atomic E-state index is 0.0326. The summed E-state index contributed by atoms with van der Waals surface area (Å²) in [6, 6.07) is 19.6. The third kappa shape index (κ3) is 9.15. The fraction of sp³-hybridized carbons (Fsp3) is 0.724. The van der Waals surface area contributed by atoms with E-state index in [1.54, 1.807) is 0 Å². The smallest absolute Gasteiger partial charge is 0.317 e. The summed E-state index contributed by atoms with van der Waals surface area (Å²) >= 11 is 0. The van der Waals surface area contributed by atoms with E-state index in [1.165, 1.54) is 0 Å². The summed E-state index contributed by atoms with van der Waals surface area (Å²) in [5, 5.41) is 2.96. The number of carbonyl (C=O) groups excluding carboxylic acids is 2. The molecule has 0 saturated carbocycles. The highest BCUT2D eigenvalue weighted by Crippen LogP contribution is 2.33. The average molecular weight is 582 g/mol. The van der Waals surface area contributed by atoms with E-state index in [9.17, 15) is 9.59 Å². The second-order valence-corrected chi connectivity index (χ2v) is 24.6. The Morgan fingerprint density at radius 2 is 1.16 bits per heavy atom. The van der Waals surface area contributed by atoms with Gasteiger partial charge in [0.25, 0.3) is 14.2 Å². The van der Waals surface area contributed by atoms with Crippen molar-refractivity contribution < 1.29 is 22.9 Å². The molecule has 1 aromatic rings. The van der Waals surface area contributed by atoms with Gasteiger partial charge in [-0.1, -0.05) is 92.6 Å². The molecule has 218 valence electrons. The second-order valence-electron chi connectivity index (χ2n) is 10.4. The van der Waals surface area contributed by atoms with E-state index in [0.29, 0.717) is 0 Å². The van der Waals surface area contributed by atoms with E-state index >= 15 is 0 Å². The summed E-state index contributed by atoms with van der Waals surface area (Å²) in [6.45, 7) is 19.7. The maximum absolute atomic E-state index is 12.0. The third-order valence-corrected chi connectivity index (χ3v) is 22.8. The lowest BCUT2D eigenvalue weighted by atomic mass is 9.94. The molecular formula is C29H55NO5Si3. The standard InChI is InChI=1S/C15H23NO2Si.C14H32O3Si2/c1-4-19(5-2,6-3)18-14-13(16-15(14)17)12-10-8-7-9-11-12;1-7-18(8-2,9-3)16-13-14(15)17-19(10-4,11-5)12-6/h7-11,13-14H,4-6H2,1-3H3,(H,16,17);7-13H2,1-6H3/t13-,14+;/m0./s1. The Labute approximate surface area is 236 Å². The average Bonchev–Trinajstić information content (AvgIpc) is 2.97. The maximum Gasteiger partial charge on any atom is 0.317 e. The number of hydrogen-bond donors (Lipinski definition) is 1. The van der Waals surface area contributed by atoms with Crippen LogP contribution in [-0.2, 0) is 22.9 Å². The van der Waals surface area contributed by atoms with Gasteiger partial charge in [0.15, 0.2) is 16.6 Å². The van der Waals surface area contributed by atoms with Gasteiger partial charge in [0, 0.05) is 0 Å². The number of nitrogens with one attached hydrogen (secondary N) is 1. The van der Waals surface area contributed by atoms with Crippen molar-refractivity contribution in [2.24, 2.45) is 0 Å². The Bertz CT molecular complexity index is 802. The minimum Gasteiger partial charge on any atom is -0.517 e. The molecule has 1 aliphatic heterocycles. The highest BCUT2D eigenvalue weighted by Gasteiger charge is 2.46. The zero-order chi connectivity index (χ0) is 28.8. The van der Waals surface area contributed by atoms with Gasteiger partial charge in [-0.15, -0.1) is 0 Å². The molecule has 38 heavy (non-hydrogen) atoms. The largest absolute Gasteiger partial charge is 0.517 e. The van der Waals surface area contributed by atoms with Crippen molar-refractivity contribution in [2.45, 2.75) is 129 Å². The topological polar surface area (TPSA) is 73.9 Å². The van der Waals surface area contributed by atoms with Gasteiger partial charge in [0.1, 0.15) is 12.7 Å². The van der Waals surface area contributed by atoms with Gasteiger partial charge >= 0.3 is 5.97 Å². The molecule has 1 amide bonds. The van der Waals surface area contributed by atoms with Crippen molar-refractivity contribution in [2.75, 3.05) is 6.61 Å². The van der Waals surface area contributed by atoms with Gasteiger partial charge in [-0.2, -0.15) is 0 Å². The SMILES string of the molecule is CC[Si](CC)(CC)OCC(=O)O[Si](CC)(CC)CC.CC[Si](CC)(CC)O[C@H]1C(=O)N[C@H]1c1ccccc1. The van der Waals surface area contributed by atoms with Crippen LogP contribution in [0.5, 0.6) is 0 Å². The van der Waals surface area contributed by atoms with Gasteiger partial charge in [-0.05, 0) is 60.0 Å². The van der Waals surface area contributed by atoms with Crippen LogP contribution in [0.15, 0.2) is 30.3 Å². The molecule has 0 spiro atoms. The van der Waals surface area contributed by atoms with Crippen molar-refractivity contribution >= 4 is 36.8 Å². The molecule has 1 saturated heterocycles. The van der Waals surface area contributed by atoms with Crippen LogP contribution in [0.1, 0.15) is 73.9 Å². The lowest BCUT2D eigenvalue weighted by Crippen LogP contribution is -2.60. The van der Waals surface area contributed by atoms with Crippen LogP contribution in [0.3, 0.4) is 0 Å². The van der Waals surface area contributed by atoms with Crippen LogP contribution >= 0.6 is 0 Å². The lowest BCUT2D eigenvalue weighted by Gasteiger charge is -2.42. The first-order chi connectivity index (χ1) is 18.1. The van der Waals surface area contributed by atoms with Crippen molar-refractivity contribution in [1.29, 1.82) is 0 Å². The quantitative estimate of drug-likeness (QED) is 0.159. The molecule has 1 aromatic carbocycles. The van der Waals surface area contributed by atoms with Gasteiger partial charge in [-0.25, -0.2) is 0 Å². The number of hydrogen-bond acceptors (Lipinski definition) is 5. The molecule has 1 fully saturated rings. The van der Waals surface area contributed by atoms with E-state index < -0.39 is 25.0 Å². The second kappa shape index (κ2) is 16.7. The Morgan fingerprint density at radius 3 is 1.55 bits per heavy atom. The van der Waals surface area contributed by atoms with Gasteiger partial charge in [0.2, 0.25) is 0 Å². The van der Waals surface area contributed by atoms with Gasteiger partial charge in [-0.3, -0.25) is 9.59 Å². The van der Waals surface area contributed by atoms with E-state index in [2.05, 4.69) is 67.6 Å². The van der Waals surface area contributed by atoms with E-state index in [4.69, 9.17) is 13.3 Å². The molecule has 6 nitrogen and oxygen atoms in total. The van der Waals surface area contributed by atoms with E-state index in [-0.39, 0.29) is 30.6 Å². The van der Waals surface area contributed by atoms with E-state index in [1.807, 2.05) is 30.3 Å². The molecule has 0 unspecified atom stereocenters. The maximum atomic E-state index is 12.0. The summed E-state index contributed by atoms with van der Waals surface area (Å²) in [5.41, 5.74) is 1.14. The van der Waals surface area contributed by atoms with Crippen molar-refractivity contribution in [3.05, 3.63) is 35.9 Å². The zero-order valence-corrected chi connectivity index (χ0v) is 28.7. The molecule has 0 aliphatic carbocycles. The highest BCUT2D eigenvalue weighted by atomic mass is 28.4. The predicted molar refractivity (Wildman–Crippen MR) is 166 cm³/mol. The first-order valence-electron chi connectivity index (χ1n) is 15.0. The fourth-order valence-corrected chi connectivity index (χ4v) is 13.0. The molecule has 1 N–H and O–H groups in total.